The second-order valence-corrected chi connectivity index (χ2v) is 7.39. The number of carbonyl (C=O) groups is 2. The van der Waals surface area contributed by atoms with E-state index in [0.29, 0.717) is 29.3 Å². The van der Waals surface area contributed by atoms with Crippen LogP contribution in [0.5, 0.6) is 0 Å². The molecule has 2 aromatic carbocycles. The van der Waals surface area contributed by atoms with E-state index < -0.39 is 0 Å². The summed E-state index contributed by atoms with van der Waals surface area (Å²) in [7, 11) is 0. The fraction of sp³-hybridized carbons (Fsp3) is 0.261. The van der Waals surface area contributed by atoms with Crippen molar-refractivity contribution in [1.82, 2.24) is 15.1 Å². The minimum atomic E-state index is -0.236. The standard InChI is InChI=1S/C23H24N4O2/c1-3-21-20(14-24-27(21)19-11-7-15(2)8-12-19)23(29)26-18-6-4-5-16(13-18)22(28)25-17-9-10-17/h4-8,11-14,17H,3,9-10H2,1-2H3,(H,25,28)(H,26,29). The van der Waals surface area contributed by atoms with E-state index in [-0.39, 0.29) is 11.8 Å². The van der Waals surface area contributed by atoms with Crippen molar-refractivity contribution in [3.8, 4) is 5.69 Å². The van der Waals surface area contributed by atoms with Crippen LogP contribution >= 0.6 is 0 Å². The summed E-state index contributed by atoms with van der Waals surface area (Å²) >= 11 is 0. The molecule has 0 bridgehead atoms. The number of carbonyl (C=O) groups excluding carboxylic acids is 2. The maximum atomic E-state index is 12.9. The van der Waals surface area contributed by atoms with E-state index >= 15 is 0 Å². The smallest absolute Gasteiger partial charge is 0.259 e. The molecule has 0 aliphatic heterocycles. The fourth-order valence-electron chi connectivity index (χ4n) is 3.25. The summed E-state index contributed by atoms with van der Waals surface area (Å²) in [5.41, 5.74) is 4.59. The highest BCUT2D eigenvalue weighted by atomic mass is 16.2. The molecule has 1 aliphatic carbocycles. The zero-order chi connectivity index (χ0) is 20.4. The first-order valence-corrected chi connectivity index (χ1v) is 9.91. The van der Waals surface area contributed by atoms with E-state index in [9.17, 15) is 9.59 Å². The van der Waals surface area contributed by atoms with Crippen LogP contribution in [0.2, 0.25) is 0 Å². The molecule has 2 amide bonds. The number of aryl methyl sites for hydroxylation is 1. The topological polar surface area (TPSA) is 76.0 Å². The molecule has 0 atom stereocenters. The van der Waals surface area contributed by atoms with Gasteiger partial charge in [0.2, 0.25) is 0 Å². The SMILES string of the molecule is CCc1c(C(=O)Nc2cccc(C(=O)NC3CC3)c2)cnn1-c1ccc(C)cc1. The van der Waals surface area contributed by atoms with Crippen molar-refractivity contribution < 1.29 is 9.59 Å². The molecule has 3 aromatic rings. The minimum absolute atomic E-state index is 0.106. The second-order valence-electron chi connectivity index (χ2n) is 7.39. The lowest BCUT2D eigenvalue weighted by Crippen LogP contribution is -2.25. The molecule has 0 saturated heterocycles. The van der Waals surface area contributed by atoms with Gasteiger partial charge >= 0.3 is 0 Å². The first kappa shape index (κ1) is 18.9. The Labute approximate surface area is 169 Å². The number of hydrogen-bond donors (Lipinski definition) is 2. The van der Waals surface area contributed by atoms with Crippen molar-refractivity contribution in [1.29, 1.82) is 0 Å². The van der Waals surface area contributed by atoms with E-state index in [4.69, 9.17) is 0 Å². The Morgan fingerprint density at radius 2 is 1.86 bits per heavy atom. The molecule has 1 fully saturated rings. The largest absolute Gasteiger partial charge is 0.349 e. The normalized spacial score (nSPS) is 13.2. The molecule has 29 heavy (non-hydrogen) atoms. The van der Waals surface area contributed by atoms with Crippen LogP contribution in [0.15, 0.2) is 54.7 Å². The number of anilines is 1. The summed E-state index contributed by atoms with van der Waals surface area (Å²) < 4.78 is 1.80. The Hall–Kier alpha value is -3.41. The maximum absolute atomic E-state index is 12.9. The van der Waals surface area contributed by atoms with Gasteiger partial charge in [-0.3, -0.25) is 9.59 Å². The highest BCUT2D eigenvalue weighted by molar-refractivity contribution is 6.05. The molecule has 6 heteroatoms. The van der Waals surface area contributed by atoms with E-state index in [1.54, 1.807) is 35.1 Å². The van der Waals surface area contributed by atoms with Crippen LogP contribution in [0, 0.1) is 6.92 Å². The van der Waals surface area contributed by atoms with E-state index in [2.05, 4.69) is 15.7 Å². The van der Waals surface area contributed by atoms with Crippen LogP contribution in [0.1, 0.15) is 51.7 Å². The first-order chi connectivity index (χ1) is 14.0. The Morgan fingerprint density at radius 3 is 2.55 bits per heavy atom. The molecule has 1 aliphatic rings. The third-order valence-corrected chi connectivity index (χ3v) is 5.02. The number of rotatable bonds is 6. The van der Waals surface area contributed by atoms with Crippen LogP contribution in [0.25, 0.3) is 5.69 Å². The number of nitrogens with zero attached hydrogens (tertiary/aromatic N) is 2. The summed E-state index contributed by atoms with van der Waals surface area (Å²) in [6, 6.07) is 15.3. The highest BCUT2D eigenvalue weighted by Crippen LogP contribution is 2.21. The molecule has 148 valence electrons. The number of amides is 2. The van der Waals surface area contributed by atoms with E-state index in [1.807, 2.05) is 38.1 Å². The predicted molar refractivity (Wildman–Crippen MR) is 113 cm³/mol. The Morgan fingerprint density at radius 1 is 1.10 bits per heavy atom. The van der Waals surface area contributed by atoms with Gasteiger partial charge in [-0.05, 0) is 56.5 Å². The molecule has 2 N–H and O–H groups in total. The molecule has 0 spiro atoms. The molecule has 1 aromatic heterocycles. The highest BCUT2D eigenvalue weighted by Gasteiger charge is 2.24. The minimum Gasteiger partial charge on any atom is -0.349 e. The van der Waals surface area contributed by atoms with Crippen LogP contribution in [0.3, 0.4) is 0 Å². The van der Waals surface area contributed by atoms with Gasteiger partial charge in [-0.1, -0.05) is 30.7 Å². The average Bonchev–Trinajstić information content (AvgIpc) is 3.43. The molecule has 1 heterocycles. The molecule has 0 radical (unpaired) electrons. The first-order valence-electron chi connectivity index (χ1n) is 9.91. The monoisotopic (exact) mass is 388 g/mol. The summed E-state index contributed by atoms with van der Waals surface area (Å²) in [6.07, 6.45) is 4.33. The van der Waals surface area contributed by atoms with Crippen LogP contribution in [-0.2, 0) is 6.42 Å². The van der Waals surface area contributed by atoms with Crippen molar-refractivity contribution in [3.05, 3.63) is 77.1 Å². The number of nitrogens with one attached hydrogen (secondary N) is 2. The Balaban J connectivity index is 1.54. The van der Waals surface area contributed by atoms with Crippen molar-refractivity contribution in [2.24, 2.45) is 0 Å². The van der Waals surface area contributed by atoms with Crippen LogP contribution in [-0.4, -0.2) is 27.6 Å². The Kier molecular flexibility index (Phi) is 5.16. The molecular weight excluding hydrogens is 364 g/mol. The van der Waals surface area contributed by atoms with Crippen LogP contribution in [0.4, 0.5) is 5.69 Å². The quantitative estimate of drug-likeness (QED) is 0.673. The number of benzene rings is 2. The van der Waals surface area contributed by atoms with Crippen molar-refractivity contribution >= 4 is 17.5 Å². The van der Waals surface area contributed by atoms with Crippen molar-refractivity contribution in [2.45, 2.75) is 39.2 Å². The van der Waals surface area contributed by atoms with Crippen molar-refractivity contribution in [2.75, 3.05) is 5.32 Å². The lowest BCUT2D eigenvalue weighted by Gasteiger charge is -2.10. The summed E-state index contributed by atoms with van der Waals surface area (Å²) in [4.78, 5) is 25.1. The lowest BCUT2D eigenvalue weighted by atomic mass is 10.1. The Bertz CT molecular complexity index is 1050. The fourth-order valence-corrected chi connectivity index (χ4v) is 3.25. The molecule has 1 saturated carbocycles. The average molecular weight is 388 g/mol. The predicted octanol–water partition coefficient (Wildman–Crippen LogP) is 3.89. The van der Waals surface area contributed by atoms with Gasteiger partial charge in [-0.25, -0.2) is 4.68 Å². The maximum Gasteiger partial charge on any atom is 0.259 e. The second kappa shape index (κ2) is 7.91. The molecular formula is C23H24N4O2. The van der Waals surface area contributed by atoms with Gasteiger partial charge in [-0.2, -0.15) is 5.10 Å². The van der Waals surface area contributed by atoms with Gasteiger partial charge in [0.25, 0.3) is 11.8 Å². The van der Waals surface area contributed by atoms with Crippen LogP contribution < -0.4 is 10.6 Å². The summed E-state index contributed by atoms with van der Waals surface area (Å²) in [5.74, 6) is -0.343. The number of aromatic nitrogens is 2. The van der Waals surface area contributed by atoms with Gasteiger partial charge in [-0.15, -0.1) is 0 Å². The molecule has 0 unspecified atom stereocenters. The zero-order valence-electron chi connectivity index (χ0n) is 16.6. The third kappa shape index (κ3) is 4.21. The summed E-state index contributed by atoms with van der Waals surface area (Å²) in [6.45, 7) is 4.03. The van der Waals surface area contributed by atoms with E-state index in [1.165, 1.54) is 5.56 Å². The number of hydrogen-bond acceptors (Lipinski definition) is 3. The van der Waals surface area contributed by atoms with Gasteiger partial charge in [0, 0.05) is 17.3 Å². The van der Waals surface area contributed by atoms with Gasteiger partial charge < -0.3 is 10.6 Å². The van der Waals surface area contributed by atoms with Gasteiger partial charge in [0.1, 0.15) is 0 Å². The van der Waals surface area contributed by atoms with Gasteiger partial charge in [0.15, 0.2) is 0 Å². The molecule has 4 rings (SSSR count). The third-order valence-electron chi connectivity index (χ3n) is 5.02. The van der Waals surface area contributed by atoms with Gasteiger partial charge in [0.05, 0.1) is 23.1 Å². The van der Waals surface area contributed by atoms with E-state index in [0.717, 1.165) is 24.2 Å². The lowest BCUT2D eigenvalue weighted by molar-refractivity contribution is 0.0949. The van der Waals surface area contributed by atoms with Crippen molar-refractivity contribution in [3.63, 3.8) is 0 Å². The molecule has 6 nitrogen and oxygen atoms in total. The zero-order valence-corrected chi connectivity index (χ0v) is 16.6. The summed E-state index contributed by atoms with van der Waals surface area (Å²) in [5, 5.41) is 10.3.